The highest BCUT2D eigenvalue weighted by Gasteiger charge is 2.12. The maximum Gasteiger partial charge on any atom is 0.253 e. The number of carbonyl (C=O) groups excluding carboxylic acids is 1. The Hall–Kier alpha value is -2.65. The minimum Gasteiger partial charge on any atom is -0.384 e. The van der Waals surface area contributed by atoms with Crippen LogP contribution >= 0.6 is 0 Å². The van der Waals surface area contributed by atoms with E-state index < -0.39 is 0 Å². The van der Waals surface area contributed by atoms with Gasteiger partial charge >= 0.3 is 0 Å². The molecule has 1 unspecified atom stereocenters. The van der Waals surface area contributed by atoms with Gasteiger partial charge in [0, 0.05) is 29.7 Å². The summed E-state index contributed by atoms with van der Waals surface area (Å²) in [6.45, 7) is 1.64. The van der Waals surface area contributed by atoms with Gasteiger partial charge in [0.25, 0.3) is 5.91 Å². The molecule has 0 bridgehead atoms. The van der Waals surface area contributed by atoms with E-state index in [-0.39, 0.29) is 18.6 Å². The maximum atomic E-state index is 12.1. The summed E-state index contributed by atoms with van der Waals surface area (Å²) >= 11 is 0. The van der Waals surface area contributed by atoms with Crippen LogP contribution in [0.3, 0.4) is 0 Å². The average Bonchev–Trinajstić information content (AvgIpc) is 2.99. The number of pyridine rings is 1. The lowest BCUT2D eigenvalue weighted by atomic mass is 10.1. The lowest BCUT2D eigenvalue weighted by molar-refractivity contribution is 0.0939. The van der Waals surface area contributed by atoms with Gasteiger partial charge < -0.3 is 10.4 Å². The standard InChI is InChI=1S/C14H14N4O2/c1-10(13-8-16-17-9-13)18-14(20)12-5-11(3-2-4-19)6-15-7-12/h5-10,19H,4H2,1H3,(H,16,17)(H,18,20). The van der Waals surface area contributed by atoms with E-state index in [4.69, 9.17) is 5.11 Å². The molecule has 1 amide bonds. The number of amides is 1. The first kappa shape index (κ1) is 13.8. The van der Waals surface area contributed by atoms with Crippen LogP contribution < -0.4 is 5.32 Å². The minimum atomic E-state index is -0.237. The average molecular weight is 270 g/mol. The molecule has 102 valence electrons. The van der Waals surface area contributed by atoms with Crippen molar-refractivity contribution in [1.29, 1.82) is 0 Å². The Morgan fingerprint density at radius 2 is 2.35 bits per heavy atom. The van der Waals surface area contributed by atoms with E-state index >= 15 is 0 Å². The Kier molecular flexibility index (Phi) is 4.47. The van der Waals surface area contributed by atoms with Crippen LogP contribution in [-0.2, 0) is 0 Å². The molecule has 6 nitrogen and oxygen atoms in total. The molecule has 1 atom stereocenters. The molecular formula is C14H14N4O2. The number of rotatable bonds is 3. The Labute approximate surface area is 116 Å². The number of aliphatic hydroxyl groups excluding tert-OH is 1. The number of nitrogens with zero attached hydrogens (tertiary/aromatic N) is 2. The molecule has 0 aliphatic carbocycles. The Bertz CT molecular complexity index is 641. The van der Waals surface area contributed by atoms with Crippen LogP contribution in [0.2, 0.25) is 0 Å². The Morgan fingerprint density at radius 3 is 3.05 bits per heavy atom. The second-order valence-corrected chi connectivity index (χ2v) is 4.15. The third kappa shape index (κ3) is 3.43. The van der Waals surface area contributed by atoms with E-state index in [0.29, 0.717) is 11.1 Å². The number of aromatic nitrogens is 3. The molecule has 0 saturated heterocycles. The molecule has 2 rings (SSSR count). The molecule has 0 aromatic carbocycles. The number of H-pyrrole nitrogens is 1. The van der Waals surface area contributed by atoms with Crippen LogP contribution in [0, 0.1) is 11.8 Å². The van der Waals surface area contributed by atoms with Gasteiger partial charge in [-0.1, -0.05) is 11.8 Å². The fourth-order valence-corrected chi connectivity index (χ4v) is 1.64. The molecule has 0 fully saturated rings. The van der Waals surface area contributed by atoms with Crippen LogP contribution in [0.15, 0.2) is 30.9 Å². The van der Waals surface area contributed by atoms with Crippen molar-refractivity contribution in [2.75, 3.05) is 6.61 Å². The van der Waals surface area contributed by atoms with Gasteiger partial charge in [-0.3, -0.25) is 14.9 Å². The number of carbonyl (C=O) groups is 1. The van der Waals surface area contributed by atoms with Crippen LogP contribution in [0.25, 0.3) is 0 Å². The molecular weight excluding hydrogens is 256 g/mol. The van der Waals surface area contributed by atoms with E-state index in [1.165, 1.54) is 6.20 Å². The third-order valence-corrected chi connectivity index (χ3v) is 2.68. The molecule has 0 radical (unpaired) electrons. The van der Waals surface area contributed by atoms with E-state index in [1.54, 1.807) is 24.7 Å². The van der Waals surface area contributed by atoms with Gasteiger partial charge in [-0.25, -0.2) is 0 Å². The Morgan fingerprint density at radius 1 is 1.50 bits per heavy atom. The molecule has 6 heteroatoms. The first-order valence-electron chi connectivity index (χ1n) is 6.05. The number of nitrogens with one attached hydrogen (secondary N) is 2. The van der Waals surface area contributed by atoms with E-state index in [1.807, 2.05) is 6.92 Å². The number of hydrogen-bond donors (Lipinski definition) is 3. The van der Waals surface area contributed by atoms with Crippen LogP contribution in [0.5, 0.6) is 0 Å². The summed E-state index contributed by atoms with van der Waals surface area (Å²) < 4.78 is 0. The zero-order valence-electron chi connectivity index (χ0n) is 10.9. The Balaban J connectivity index is 2.09. The van der Waals surface area contributed by atoms with E-state index in [0.717, 1.165) is 5.56 Å². The summed E-state index contributed by atoms with van der Waals surface area (Å²) in [5.74, 6) is 4.99. The van der Waals surface area contributed by atoms with Crippen molar-refractivity contribution in [2.45, 2.75) is 13.0 Å². The normalized spacial score (nSPS) is 11.3. The van der Waals surface area contributed by atoms with Crippen molar-refractivity contribution in [3.8, 4) is 11.8 Å². The van der Waals surface area contributed by atoms with Gasteiger partial charge in [0.15, 0.2) is 0 Å². The lowest BCUT2D eigenvalue weighted by Gasteiger charge is -2.11. The fraction of sp³-hybridized carbons (Fsp3) is 0.214. The summed E-state index contributed by atoms with van der Waals surface area (Å²) in [6, 6.07) is 1.47. The molecule has 2 aromatic heterocycles. The molecule has 3 N–H and O–H groups in total. The van der Waals surface area contributed by atoms with Crippen LogP contribution in [0.4, 0.5) is 0 Å². The SMILES string of the molecule is CC(NC(=O)c1cncc(C#CCO)c1)c1cn[nH]c1. The van der Waals surface area contributed by atoms with Crippen molar-refractivity contribution in [3.05, 3.63) is 47.5 Å². The molecule has 0 aliphatic heterocycles. The molecule has 0 saturated carbocycles. The van der Waals surface area contributed by atoms with Crippen molar-refractivity contribution < 1.29 is 9.90 Å². The number of aromatic amines is 1. The predicted molar refractivity (Wildman–Crippen MR) is 72.7 cm³/mol. The summed E-state index contributed by atoms with van der Waals surface area (Å²) in [5, 5.41) is 18.0. The minimum absolute atomic E-state index is 0.159. The number of aliphatic hydroxyl groups is 1. The first-order chi connectivity index (χ1) is 9.70. The highest BCUT2D eigenvalue weighted by molar-refractivity contribution is 5.94. The second kappa shape index (κ2) is 6.50. The number of hydrogen-bond acceptors (Lipinski definition) is 4. The molecule has 2 aromatic rings. The van der Waals surface area contributed by atoms with E-state index in [9.17, 15) is 4.79 Å². The molecule has 0 spiro atoms. The highest BCUT2D eigenvalue weighted by Crippen LogP contribution is 2.10. The second-order valence-electron chi connectivity index (χ2n) is 4.15. The maximum absolute atomic E-state index is 12.1. The molecule has 20 heavy (non-hydrogen) atoms. The topological polar surface area (TPSA) is 90.9 Å². The quantitative estimate of drug-likeness (QED) is 0.714. The van der Waals surface area contributed by atoms with Crippen molar-refractivity contribution >= 4 is 5.91 Å². The van der Waals surface area contributed by atoms with Gasteiger partial charge in [-0.15, -0.1) is 0 Å². The van der Waals surface area contributed by atoms with Gasteiger partial charge in [-0.05, 0) is 13.0 Å². The smallest absolute Gasteiger partial charge is 0.253 e. The largest absolute Gasteiger partial charge is 0.384 e. The molecule has 2 heterocycles. The fourth-order valence-electron chi connectivity index (χ4n) is 1.64. The van der Waals surface area contributed by atoms with Gasteiger partial charge in [0.1, 0.15) is 6.61 Å². The van der Waals surface area contributed by atoms with E-state index in [2.05, 4.69) is 32.3 Å². The van der Waals surface area contributed by atoms with Gasteiger partial charge in [-0.2, -0.15) is 5.10 Å². The third-order valence-electron chi connectivity index (χ3n) is 2.68. The van der Waals surface area contributed by atoms with Crippen molar-refractivity contribution in [2.24, 2.45) is 0 Å². The van der Waals surface area contributed by atoms with Crippen molar-refractivity contribution in [3.63, 3.8) is 0 Å². The van der Waals surface area contributed by atoms with Gasteiger partial charge in [0.2, 0.25) is 0 Å². The summed E-state index contributed by atoms with van der Waals surface area (Å²) in [5.41, 5.74) is 1.90. The summed E-state index contributed by atoms with van der Waals surface area (Å²) in [6.07, 6.45) is 6.40. The van der Waals surface area contributed by atoms with Crippen molar-refractivity contribution in [1.82, 2.24) is 20.5 Å². The van der Waals surface area contributed by atoms with Crippen LogP contribution in [0.1, 0.15) is 34.5 Å². The van der Waals surface area contributed by atoms with Crippen LogP contribution in [-0.4, -0.2) is 32.8 Å². The first-order valence-corrected chi connectivity index (χ1v) is 6.05. The molecule has 0 aliphatic rings. The highest BCUT2D eigenvalue weighted by atomic mass is 16.2. The monoisotopic (exact) mass is 270 g/mol. The lowest BCUT2D eigenvalue weighted by Crippen LogP contribution is -2.26. The predicted octanol–water partition coefficient (Wildman–Crippen LogP) is 0.639. The zero-order valence-corrected chi connectivity index (χ0v) is 10.9. The van der Waals surface area contributed by atoms with Gasteiger partial charge in [0.05, 0.1) is 17.8 Å². The summed E-state index contributed by atoms with van der Waals surface area (Å²) in [7, 11) is 0. The zero-order chi connectivity index (χ0) is 14.4. The summed E-state index contributed by atoms with van der Waals surface area (Å²) in [4.78, 5) is 16.1.